The van der Waals surface area contributed by atoms with E-state index in [0.717, 1.165) is 18.2 Å². The molecule has 0 aliphatic heterocycles. The van der Waals surface area contributed by atoms with Gasteiger partial charge < -0.3 is 19.4 Å². The molecule has 0 saturated carbocycles. The van der Waals surface area contributed by atoms with Gasteiger partial charge >= 0.3 is 6.18 Å². The maximum absolute atomic E-state index is 12.8. The fourth-order valence-electron chi connectivity index (χ4n) is 2.38. The van der Waals surface area contributed by atoms with Crippen LogP contribution in [0.25, 0.3) is 0 Å². The first-order valence-corrected chi connectivity index (χ1v) is 8.49. The molecule has 0 radical (unpaired) electrons. The van der Waals surface area contributed by atoms with E-state index in [0.29, 0.717) is 18.8 Å². The zero-order chi connectivity index (χ0) is 20.9. The van der Waals surface area contributed by atoms with Crippen LogP contribution in [0, 0.1) is 6.92 Å². The van der Waals surface area contributed by atoms with Crippen LogP contribution in [0.1, 0.15) is 11.3 Å². The Balaban J connectivity index is 2.10. The zero-order valence-electron chi connectivity index (χ0n) is 15.1. The van der Waals surface area contributed by atoms with Crippen LogP contribution in [0.2, 0.25) is 5.02 Å². The molecule has 28 heavy (non-hydrogen) atoms. The molecule has 6 nitrogen and oxygen atoms in total. The van der Waals surface area contributed by atoms with Crippen molar-refractivity contribution in [1.29, 1.82) is 0 Å². The maximum atomic E-state index is 12.8. The van der Waals surface area contributed by atoms with Gasteiger partial charge in [0, 0.05) is 25.9 Å². The van der Waals surface area contributed by atoms with Gasteiger partial charge in [0.15, 0.2) is 12.4 Å². The minimum atomic E-state index is -4.57. The third-order valence-corrected chi connectivity index (χ3v) is 4.17. The molecule has 2 aromatic rings. The summed E-state index contributed by atoms with van der Waals surface area (Å²) >= 11 is 5.84. The Morgan fingerprint density at radius 1 is 1.29 bits per heavy atom. The van der Waals surface area contributed by atoms with E-state index in [1.165, 1.54) is 6.07 Å². The van der Waals surface area contributed by atoms with Gasteiger partial charge in [0.05, 0.1) is 28.6 Å². The van der Waals surface area contributed by atoms with Gasteiger partial charge in [0.1, 0.15) is 0 Å². The van der Waals surface area contributed by atoms with Crippen LogP contribution in [0.5, 0.6) is 5.75 Å². The molecule has 1 aromatic carbocycles. The molecule has 1 heterocycles. The van der Waals surface area contributed by atoms with Crippen molar-refractivity contribution in [3.63, 3.8) is 0 Å². The van der Waals surface area contributed by atoms with E-state index in [9.17, 15) is 22.8 Å². The Morgan fingerprint density at radius 3 is 2.64 bits per heavy atom. The van der Waals surface area contributed by atoms with Crippen LogP contribution in [0.4, 0.5) is 18.9 Å². The minimum absolute atomic E-state index is 0.0242. The van der Waals surface area contributed by atoms with Crippen LogP contribution in [-0.4, -0.2) is 30.8 Å². The monoisotopic (exact) mass is 418 g/mol. The highest BCUT2D eigenvalue weighted by molar-refractivity contribution is 6.33. The highest BCUT2D eigenvalue weighted by Crippen LogP contribution is 2.33. The molecular formula is C18H18ClF3N2O4. The smallest absolute Gasteiger partial charge is 0.416 e. The average Bonchev–Trinajstić information content (AvgIpc) is 2.62. The number of carbonyl (C=O) groups is 1. The van der Waals surface area contributed by atoms with Gasteiger partial charge in [-0.25, -0.2) is 0 Å². The van der Waals surface area contributed by atoms with E-state index in [-0.39, 0.29) is 16.5 Å². The Morgan fingerprint density at radius 2 is 2.00 bits per heavy atom. The van der Waals surface area contributed by atoms with Crippen LogP contribution < -0.4 is 15.5 Å². The topological polar surface area (TPSA) is 69.6 Å². The number of benzene rings is 1. The van der Waals surface area contributed by atoms with Crippen molar-refractivity contribution in [3.8, 4) is 5.75 Å². The number of hydrogen-bond acceptors (Lipinski definition) is 4. The first-order chi connectivity index (χ1) is 13.1. The van der Waals surface area contributed by atoms with Crippen molar-refractivity contribution in [2.45, 2.75) is 19.6 Å². The first-order valence-electron chi connectivity index (χ1n) is 8.12. The lowest BCUT2D eigenvalue weighted by molar-refractivity contribution is -0.137. The Labute approximate surface area is 163 Å². The van der Waals surface area contributed by atoms with Crippen LogP contribution in [0.3, 0.4) is 0 Å². The molecule has 10 heteroatoms. The molecule has 0 spiro atoms. The number of anilines is 1. The fraction of sp³-hybridized carbons (Fsp3) is 0.333. The molecule has 152 valence electrons. The number of nitrogens with zero attached hydrogens (tertiary/aromatic N) is 1. The van der Waals surface area contributed by atoms with Crippen LogP contribution in [0.15, 0.2) is 35.3 Å². The summed E-state index contributed by atoms with van der Waals surface area (Å²) in [6, 6.07) is 3.87. The normalized spacial score (nSPS) is 11.4. The molecule has 0 aliphatic carbocycles. The highest BCUT2D eigenvalue weighted by Gasteiger charge is 2.31. The molecule has 0 bridgehead atoms. The predicted octanol–water partition coefficient (Wildman–Crippen LogP) is 3.49. The van der Waals surface area contributed by atoms with Gasteiger partial charge in [0.25, 0.3) is 5.91 Å². The van der Waals surface area contributed by atoms with Crippen molar-refractivity contribution in [1.82, 2.24) is 4.57 Å². The third-order valence-electron chi connectivity index (χ3n) is 3.84. The molecule has 1 amide bonds. The molecule has 2 rings (SSSR count). The average molecular weight is 419 g/mol. The van der Waals surface area contributed by atoms with Gasteiger partial charge in [-0.2, -0.15) is 13.2 Å². The minimum Gasteiger partial charge on any atom is -0.478 e. The van der Waals surface area contributed by atoms with Gasteiger partial charge in [-0.3, -0.25) is 9.59 Å². The molecule has 0 unspecified atom stereocenters. The fourth-order valence-corrected chi connectivity index (χ4v) is 2.55. The molecule has 1 N–H and O–H groups in total. The highest BCUT2D eigenvalue weighted by atomic mass is 35.5. The van der Waals surface area contributed by atoms with Crippen LogP contribution >= 0.6 is 11.6 Å². The van der Waals surface area contributed by atoms with Crippen molar-refractivity contribution in [3.05, 3.63) is 57.0 Å². The number of alkyl halides is 3. The molecule has 1 aromatic heterocycles. The van der Waals surface area contributed by atoms with Gasteiger partial charge in [-0.05, 0) is 25.1 Å². The van der Waals surface area contributed by atoms with Gasteiger partial charge in [-0.15, -0.1) is 0 Å². The number of nitrogens with one attached hydrogen (secondary N) is 1. The summed E-state index contributed by atoms with van der Waals surface area (Å²) in [6.07, 6.45) is -3.00. The van der Waals surface area contributed by atoms with E-state index in [1.54, 1.807) is 24.8 Å². The number of aromatic nitrogens is 1. The lowest BCUT2D eigenvalue weighted by Crippen LogP contribution is -2.24. The second kappa shape index (κ2) is 9.11. The maximum Gasteiger partial charge on any atom is 0.416 e. The largest absolute Gasteiger partial charge is 0.478 e. The third kappa shape index (κ3) is 5.49. The van der Waals surface area contributed by atoms with E-state index in [4.69, 9.17) is 21.1 Å². The van der Waals surface area contributed by atoms with Crippen molar-refractivity contribution < 1.29 is 27.4 Å². The number of halogens is 4. The standard InChI is InChI=1S/C18H18ClF3N2O4/c1-11-17(15(25)5-6-24(11)7-8-27-2)28-10-16(26)23-14-9-12(18(20,21)22)3-4-13(14)19/h3-6,9H,7-8,10H2,1-2H3,(H,23,26). The molecule has 0 atom stereocenters. The van der Waals surface area contributed by atoms with Gasteiger partial charge in [-0.1, -0.05) is 11.6 Å². The zero-order valence-corrected chi connectivity index (χ0v) is 15.9. The molecule has 0 fully saturated rings. The Kier molecular flexibility index (Phi) is 7.09. The van der Waals surface area contributed by atoms with Crippen molar-refractivity contribution in [2.24, 2.45) is 0 Å². The summed E-state index contributed by atoms with van der Waals surface area (Å²) < 4.78 is 50.4. The number of ether oxygens (including phenoxy) is 2. The van der Waals surface area contributed by atoms with E-state index >= 15 is 0 Å². The summed E-state index contributed by atoms with van der Waals surface area (Å²) in [5, 5.41) is 2.20. The second-order valence-corrected chi connectivity index (χ2v) is 6.22. The summed E-state index contributed by atoms with van der Waals surface area (Å²) in [5.74, 6) is -0.781. The first kappa shape index (κ1) is 21.8. The van der Waals surface area contributed by atoms with Crippen molar-refractivity contribution in [2.75, 3.05) is 25.6 Å². The summed E-state index contributed by atoms with van der Waals surface area (Å²) in [5.41, 5.74) is -1.08. The number of methoxy groups -OCH3 is 1. The van der Waals surface area contributed by atoms with Crippen LogP contribution in [-0.2, 0) is 22.3 Å². The van der Waals surface area contributed by atoms with Crippen molar-refractivity contribution >= 4 is 23.2 Å². The quantitative estimate of drug-likeness (QED) is 0.747. The second-order valence-electron chi connectivity index (χ2n) is 5.81. The Hall–Kier alpha value is -2.52. The summed E-state index contributed by atoms with van der Waals surface area (Å²) in [7, 11) is 1.54. The van der Waals surface area contributed by atoms with Gasteiger partial charge in [0.2, 0.25) is 5.43 Å². The lowest BCUT2D eigenvalue weighted by atomic mass is 10.2. The van der Waals surface area contributed by atoms with E-state index in [2.05, 4.69) is 5.32 Å². The Bertz CT molecular complexity index is 913. The summed E-state index contributed by atoms with van der Waals surface area (Å²) in [6.45, 7) is 1.97. The number of pyridine rings is 1. The predicted molar refractivity (Wildman–Crippen MR) is 97.9 cm³/mol. The molecule has 0 saturated heterocycles. The number of amides is 1. The van der Waals surface area contributed by atoms with E-state index in [1.807, 2.05) is 0 Å². The number of carbonyl (C=O) groups excluding carboxylic acids is 1. The van der Waals surface area contributed by atoms with E-state index < -0.39 is 29.7 Å². The SMILES string of the molecule is COCCn1ccc(=O)c(OCC(=O)Nc2cc(C(F)(F)F)ccc2Cl)c1C. The number of rotatable bonds is 7. The molecular weight excluding hydrogens is 401 g/mol. The summed E-state index contributed by atoms with van der Waals surface area (Å²) in [4.78, 5) is 24.1. The lowest BCUT2D eigenvalue weighted by Gasteiger charge is -2.15. The molecule has 0 aliphatic rings. The number of hydrogen-bond donors (Lipinski definition) is 1.